The van der Waals surface area contributed by atoms with Gasteiger partial charge in [-0.15, -0.1) is 0 Å². The third kappa shape index (κ3) is 8.48. The molecule has 0 radical (unpaired) electrons. The molecule has 0 aromatic carbocycles. The molecule has 0 bridgehead atoms. The van der Waals surface area contributed by atoms with E-state index in [9.17, 15) is 9.18 Å². The summed E-state index contributed by atoms with van der Waals surface area (Å²) < 4.78 is 16.6. The number of unbranched alkanes of at least 4 members (excludes halogenated alkanes) is 3. The van der Waals surface area contributed by atoms with E-state index in [0.29, 0.717) is 6.42 Å². The molecule has 0 aliphatic heterocycles. The summed E-state index contributed by atoms with van der Waals surface area (Å²) in [4.78, 5) is 10.5. The molecule has 0 saturated heterocycles. The smallest absolute Gasteiger partial charge is 0.302 e. The Hall–Kier alpha value is -0.120. The van der Waals surface area contributed by atoms with Crippen molar-refractivity contribution < 1.29 is 13.9 Å². The minimum atomic E-state index is -1.55. The summed E-state index contributed by atoms with van der Waals surface area (Å²) in [5.74, 6) is -0.444. The number of carbonyl (C=O) groups is 1. The first-order valence-electron chi connectivity index (χ1n) is 4.99. The molecule has 2 nitrogen and oxygen atoms in total. The van der Waals surface area contributed by atoms with Crippen molar-refractivity contribution in [3.8, 4) is 0 Å². The van der Waals surface area contributed by atoms with Gasteiger partial charge in [0.25, 0.3) is 0 Å². The van der Waals surface area contributed by atoms with Gasteiger partial charge in [0.2, 0.25) is 0 Å². The zero-order valence-electron chi connectivity index (χ0n) is 8.82. The third-order valence-electron chi connectivity index (χ3n) is 1.88. The predicted octanol–water partition coefficient (Wildman–Crippen LogP) is 3.58. The zero-order valence-corrected chi connectivity index (χ0v) is 10.4. The van der Waals surface area contributed by atoms with Crippen molar-refractivity contribution in [3.63, 3.8) is 0 Å². The Labute approximate surface area is 93.3 Å². The molecule has 0 amide bonds. The molecular formula is C10H18BrFO2. The molecule has 1 atom stereocenters. The number of rotatable bonds is 7. The first-order valence-corrected chi connectivity index (χ1v) is 5.78. The van der Waals surface area contributed by atoms with Crippen LogP contribution in [0.3, 0.4) is 0 Å². The molecule has 0 heterocycles. The van der Waals surface area contributed by atoms with E-state index in [2.05, 4.69) is 27.6 Å². The van der Waals surface area contributed by atoms with Crippen LogP contribution in [0.1, 0.15) is 46.0 Å². The molecule has 14 heavy (non-hydrogen) atoms. The van der Waals surface area contributed by atoms with Gasteiger partial charge in [0, 0.05) is 6.92 Å². The highest BCUT2D eigenvalue weighted by Crippen LogP contribution is 2.27. The van der Waals surface area contributed by atoms with Crippen LogP contribution in [0.15, 0.2) is 0 Å². The van der Waals surface area contributed by atoms with E-state index in [1.807, 2.05) is 0 Å². The van der Waals surface area contributed by atoms with E-state index in [-0.39, 0.29) is 6.61 Å². The van der Waals surface area contributed by atoms with Crippen LogP contribution in [0.4, 0.5) is 4.39 Å². The summed E-state index contributed by atoms with van der Waals surface area (Å²) in [5, 5.41) is 0. The van der Waals surface area contributed by atoms with Crippen molar-refractivity contribution in [2.75, 3.05) is 6.61 Å². The van der Waals surface area contributed by atoms with Crippen LogP contribution in [0, 0.1) is 0 Å². The lowest BCUT2D eigenvalue weighted by Gasteiger charge is -2.17. The number of hydrogen-bond acceptors (Lipinski definition) is 2. The number of hydrogen-bond donors (Lipinski definition) is 0. The standard InChI is InChI=1S/C10H18BrFO2/c1-3-4-5-6-7-10(11,12)8-14-9(2)13/h3-8H2,1-2H3/t10-/m0/s1. The summed E-state index contributed by atoms with van der Waals surface area (Å²) in [6.45, 7) is 3.18. The van der Waals surface area contributed by atoms with E-state index in [1.165, 1.54) is 6.92 Å². The van der Waals surface area contributed by atoms with Crippen molar-refractivity contribution in [1.82, 2.24) is 0 Å². The average molecular weight is 269 g/mol. The van der Waals surface area contributed by atoms with Gasteiger partial charge in [0.15, 0.2) is 4.58 Å². The van der Waals surface area contributed by atoms with Crippen LogP contribution in [0.25, 0.3) is 0 Å². The highest BCUT2D eigenvalue weighted by Gasteiger charge is 2.26. The Bertz CT molecular complexity index is 172. The van der Waals surface area contributed by atoms with Gasteiger partial charge in [-0.05, 0) is 28.8 Å². The Morgan fingerprint density at radius 1 is 1.43 bits per heavy atom. The molecule has 0 saturated carbocycles. The molecule has 0 spiro atoms. The Morgan fingerprint density at radius 3 is 2.57 bits per heavy atom. The fourth-order valence-electron chi connectivity index (χ4n) is 1.09. The number of ether oxygens (including phenoxy) is 1. The van der Waals surface area contributed by atoms with E-state index in [0.717, 1.165) is 25.7 Å². The summed E-state index contributed by atoms with van der Waals surface area (Å²) >= 11 is 2.92. The number of esters is 1. The topological polar surface area (TPSA) is 26.3 Å². The van der Waals surface area contributed by atoms with Gasteiger partial charge in [0.1, 0.15) is 6.61 Å². The highest BCUT2D eigenvalue weighted by molar-refractivity contribution is 9.10. The lowest BCUT2D eigenvalue weighted by molar-refractivity contribution is -0.143. The quantitative estimate of drug-likeness (QED) is 0.401. The largest absolute Gasteiger partial charge is 0.462 e. The molecule has 4 heteroatoms. The van der Waals surface area contributed by atoms with Gasteiger partial charge in [-0.3, -0.25) is 4.79 Å². The lowest BCUT2D eigenvalue weighted by atomic mass is 10.1. The van der Waals surface area contributed by atoms with E-state index >= 15 is 0 Å². The van der Waals surface area contributed by atoms with Crippen LogP contribution in [-0.4, -0.2) is 17.2 Å². The van der Waals surface area contributed by atoms with Crippen LogP contribution in [-0.2, 0) is 9.53 Å². The Morgan fingerprint density at radius 2 is 2.07 bits per heavy atom. The van der Waals surface area contributed by atoms with Gasteiger partial charge in [-0.1, -0.05) is 26.2 Å². The van der Waals surface area contributed by atoms with E-state index in [4.69, 9.17) is 0 Å². The van der Waals surface area contributed by atoms with Crippen molar-refractivity contribution in [2.45, 2.75) is 50.5 Å². The van der Waals surface area contributed by atoms with Gasteiger partial charge in [-0.2, -0.15) is 0 Å². The van der Waals surface area contributed by atoms with E-state index in [1.54, 1.807) is 0 Å². The first-order chi connectivity index (χ1) is 6.48. The first kappa shape index (κ1) is 13.9. The van der Waals surface area contributed by atoms with Crippen molar-refractivity contribution >= 4 is 21.9 Å². The minimum Gasteiger partial charge on any atom is -0.462 e. The van der Waals surface area contributed by atoms with Crippen LogP contribution < -0.4 is 0 Å². The lowest BCUT2D eigenvalue weighted by Crippen LogP contribution is -2.23. The van der Waals surface area contributed by atoms with Crippen molar-refractivity contribution in [3.05, 3.63) is 0 Å². The second kappa shape index (κ2) is 7.21. The fourth-order valence-corrected chi connectivity index (χ4v) is 1.48. The fraction of sp³-hybridized carbons (Fsp3) is 0.900. The molecule has 0 N–H and O–H groups in total. The maximum absolute atomic E-state index is 13.5. The second-order valence-electron chi connectivity index (χ2n) is 3.45. The summed E-state index contributed by atoms with van der Waals surface area (Å²) in [5.41, 5.74) is 0. The molecular weight excluding hydrogens is 251 g/mol. The van der Waals surface area contributed by atoms with Crippen LogP contribution in [0.2, 0.25) is 0 Å². The molecule has 0 aromatic heterocycles. The molecule has 0 rings (SSSR count). The van der Waals surface area contributed by atoms with Gasteiger partial charge >= 0.3 is 5.97 Å². The normalized spacial score (nSPS) is 14.9. The third-order valence-corrected chi connectivity index (χ3v) is 2.51. The number of alkyl halides is 2. The zero-order chi connectivity index (χ0) is 11.0. The second-order valence-corrected chi connectivity index (χ2v) is 4.87. The number of halogens is 2. The van der Waals surface area contributed by atoms with Gasteiger partial charge in [0.05, 0.1) is 0 Å². The van der Waals surface area contributed by atoms with Crippen molar-refractivity contribution in [2.24, 2.45) is 0 Å². The van der Waals surface area contributed by atoms with Crippen LogP contribution >= 0.6 is 15.9 Å². The minimum absolute atomic E-state index is 0.200. The average Bonchev–Trinajstić information content (AvgIpc) is 2.10. The Balaban J connectivity index is 3.55. The molecule has 0 unspecified atom stereocenters. The van der Waals surface area contributed by atoms with Gasteiger partial charge in [-0.25, -0.2) is 4.39 Å². The summed E-state index contributed by atoms with van der Waals surface area (Å²) in [6, 6.07) is 0. The summed E-state index contributed by atoms with van der Waals surface area (Å²) in [7, 11) is 0. The molecule has 84 valence electrons. The Kier molecular flexibility index (Phi) is 7.15. The predicted molar refractivity (Wildman–Crippen MR) is 58.2 cm³/mol. The SMILES string of the molecule is CCCCCC[C@@](F)(Br)COC(C)=O. The van der Waals surface area contributed by atoms with E-state index < -0.39 is 10.5 Å². The summed E-state index contributed by atoms with van der Waals surface area (Å²) in [6.07, 6.45) is 4.48. The highest BCUT2D eigenvalue weighted by atomic mass is 79.9. The monoisotopic (exact) mass is 268 g/mol. The maximum atomic E-state index is 13.5. The molecule has 0 fully saturated rings. The van der Waals surface area contributed by atoms with Crippen LogP contribution in [0.5, 0.6) is 0 Å². The maximum Gasteiger partial charge on any atom is 0.302 e. The molecule has 0 aliphatic carbocycles. The molecule has 0 aliphatic rings. The van der Waals surface area contributed by atoms with Gasteiger partial charge < -0.3 is 4.74 Å². The number of carbonyl (C=O) groups excluding carboxylic acids is 1. The van der Waals surface area contributed by atoms with Crippen molar-refractivity contribution in [1.29, 1.82) is 0 Å². The molecule has 0 aromatic rings.